The van der Waals surface area contributed by atoms with E-state index in [2.05, 4.69) is 44.3 Å². The fourth-order valence-electron chi connectivity index (χ4n) is 4.22. The van der Waals surface area contributed by atoms with Crippen LogP contribution in [0.2, 0.25) is 0 Å². The van der Waals surface area contributed by atoms with Crippen molar-refractivity contribution >= 4 is 11.5 Å². The number of fused-ring (bicyclic) bond motifs is 1. The molecule has 0 saturated carbocycles. The third-order valence-electron chi connectivity index (χ3n) is 4.90. The van der Waals surface area contributed by atoms with Gasteiger partial charge < -0.3 is 19.5 Å². The number of ether oxygens (including phenoxy) is 3. The Labute approximate surface area is 179 Å². The molecule has 6 nitrogen and oxygen atoms in total. The van der Waals surface area contributed by atoms with Gasteiger partial charge in [-0.3, -0.25) is 4.40 Å². The molecule has 3 aromatic rings. The highest BCUT2D eigenvalue weighted by molar-refractivity contribution is 5.80. The lowest BCUT2D eigenvalue weighted by Gasteiger charge is -2.34. The summed E-state index contributed by atoms with van der Waals surface area (Å²) in [6.45, 7) is 11.2. The van der Waals surface area contributed by atoms with Gasteiger partial charge in [0, 0.05) is 17.3 Å². The van der Waals surface area contributed by atoms with E-state index in [-0.39, 0.29) is 11.0 Å². The summed E-state index contributed by atoms with van der Waals surface area (Å²) in [5, 5.41) is 3.76. The molecule has 2 heterocycles. The molecular formula is C24H33N3O3. The summed E-state index contributed by atoms with van der Waals surface area (Å²) in [6.07, 6.45) is 3.02. The van der Waals surface area contributed by atoms with Gasteiger partial charge in [-0.1, -0.05) is 26.8 Å². The number of rotatable bonds is 7. The maximum Gasteiger partial charge on any atom is 0.203 e. The van der Waals surface area contributed by atoms with Crippen molar-refractivity contribution in [1.29, 1.82) is 0 Å². The summed E-state index contributed by atoms with van der Waals surface area (Å²) in [5.41, 5.74) is 2.64. The Morgan fingerprint density at radius 1 is 0.933 bits per heavy atom. The van der Waals surface area contributed by atoms with E-state index in [4.69, 9.17) is 19.2 Å². The minimum atomic E-state index is -0.139. The topological polar surface area (TPSA) is 57.0 Å². The predicted molar refractivity (Wildman–Crippen MR) is 122 cm³/mol. The quantitative estimate of drug-likeness (QED) is 0.544. The van der Waals surface area contributed by atoms with Gasteiger partial charge in [0.25, 0.3) is 0 Å². The first-order valence-electron chi connectivity index (χ1n) is 10.1. The third kappa shape index (κ3) is 4.48. The van der Waals surface area contributed by atoms with E-state index in [0.717, 1.165) is 29.1 Å². The molecule has 2 aromatic heterocycles. The third-order valence-corrected chi connectivity index (χ3v) is 4.90. The predicted octanol–water partition coefficient (Wildman–Crippen LogP) is 5.65. The van der Waals surface area contributed by atoms with Crippen LogP contribution in [0.15, 0.2) is 36.5 Å². The SMILES string of the molecule is COc1cc(-c2nc3ccccn3c2NC(C)(C)CC(C)(C)C)cc(OC)c1OC. The van der Waals surface area contributed by atoms with Crippen molar-refractivity contribution in [3.8, 4) is 28.5 Å². The molecule has 0 aliphatic rings. The highest BCUT2D eigenvalue weighted by atomic mass is 16.5. The molecule has 0 fully saturated rings. The Morgan fingerprint density at radius 2 is 1.57 bits per heavy atom. The number of nitrogens with zero attached hydrogens (tertiary/aromatic N) is 2. The number of nitrogens with one attached hydrogen (secondary N) is 1. The highest BCUT2D eigenvalue weighted by Gasteiger charge is 2.28. The van der Waals surface area contributed by atoms with E-state index in [0.29, 0.717) is 17.2 Å². The zero-order chi connectivity index (χ0) is 22.1. The van der Waals surface area contributed by atoms with Crippen LogP contribution in [-0.2, 0) is 0 Å². The Balaban J connectivity index is 2.19. The van der Waals surface area contributed by atoms with Crippen molar-refractivity contribution in [3.63, 3.8) is 0 Å². The molecule has 0 aliphatic heterocycles. The standard InChI is InChI=1S/C24H33N3O3/c1-23(2,3)15-24(4,5)26-22-20(25-19-11-9-10-12-27(19)22)16-13-17(28-6)21(30-8)18(14-16)29-7/h9-14,26H,15H2,1-8H3. The van der Waals surface area contributed by atoms with Crippen molar-refractivity contribution in [2.24, 2.45) is 5.41 Å². The molecule has 0 bridgehead atoms. The van der Waals surface area contributed by atoms with Crippen molar-refractivity contribution in [2.45, 2.75) is 46.6 Å². The fraction of sp³-hybridized carbons (Fsp3) is 0.458. The number of anilines is 1. The van der Waals surface area contributed by atoms with Crippen LogP contribution in [-0.4, -0.2) is 36.3 Å². The summed E-state index contributed by atoms with van der Waals surface area (Å²) in [5.74, 6) is 2.71. The summed E-state index contributed by atoms with van der Waals surface area (Å²) in [4.78, 5) is 4.92. The molecule has 0 atom stereocenters. The average molecular weight is 412 g/mol. The lowest BCUT2D eigenvalue weighted by atomic mass is 9.82. The summed E-state index contributed by atoms with van der Waals surface area (Å²) in [7, 11) is 4.85. The lowest BCUT2D eigenvalue weighted by molar-refractivity contribution is 0.302. The molecule has 162 valence electrons. The van der Waals surface area contributed by atoms with Gasteiger partial charge in [-0.2, -0.15) is 0 Å². The number of imidazole rings is 1. The molecule has 1 aromatic carbocycles. The van der Waals surface area contributed by atoms with E-state index >= 15 is 0 Å². The van der Waals surface area contributed by atoms with Crippen molar-refractivity contribution in [2.75, 3.05) is 26.6 Å². The molecule has 1 N–H and O–H groups in total. The maximum atomic E-state index is 5.56. The first kappa shape index (κ1) is 21.8. The highest BCUT2D eigenvalue weighted by Crippen LogP contribution is 2.43. The van der Waals surface area contributed by atoms with E-state index in [1.807, 2.05) is 36.5 Å². The Morgan fingerprint density at radius 3 is 2.10 bits per heavy atom. The minimum Gasteiger partial charge on any atom is -0.493 e. The van der Waals surface area contributed by atoms with E-state index in [1.54, 1.807) is 21.3 Å². The molecule has 30 heavy (non-hydrogen) atoms. The van der Waals surface area contributed by atoms with Gasteiger partial charge in [-0.15, -0.1) is 0 Å². The molecular weight excluding hydrogens is 378 g/mol. The van der Waals surface area contributed by atoms with Crippen LogP contribution < -0.4 is 19.5 Å². The largest absolute Gasteiger partial charge is 0.493 e. The molecule has 6 heteroatoms. The van der Waals surface area contributed by atoms with E-state index < -0.39 is 0 Å². The second kappa shape index (κ2) is 8.09. The normalized spacial score (nSPS) is 12.1. The van der Waals surface area contributed by atoms with Crippen LogP contribution in [0.1, 0.15) is 41.0 Å². The maximum absolute atomic E-state index is 5.56. The molecule has 0 saturated heterocycles. The number of aromatic nitrogens is 2. The number of hydrogen-bond acceptors (Lipinski definition) is 5. The van der Waals surface area contributed by atoms with Gasteiger partial charge >= 0.3 is 0 Å². The fourth-order valence-corrected chi connectivity index (χ4v) is 4.22. The van der Waals surface area contributed by atoms with Crippen LogP contribution in [0.4, 0.5) is 5.82 Å². The van der Waals surface area contributed by atoms with Gasteiger partial charge in [-0.25, -0.2) is 4.98 Å². The zero-order valence-electron chi connectivity index (χ0n) is 19.3. The summed E-state index contributed by atoms with van der Waals surface area (Å²) in [6, 6.07) is 9.88. The van der Waals surface area contributed by atoms with Gasteiger partial charge in [0.15, 0.2) is 11.5 Å². The average Bonchev–Trinajstić information content (AvgIpc) is 3.02. The summed E-state index contributed by atoms with van der Waals surface area (Å²) >= 11 is 0. The Hall–Kier alpha value is -2.89. The van der Waals surface area contributed by atoms with Crippen LogP contribution in [0.3, 0.4) is 0 Å². The Bertz CT molecular complexity index is 1010. The van der Waals surface area contributed by atoms with Gasteiger partial charge in [0.1, 0.15) is 17.2 Å². The number of benzene rings is 1. The smallest absolute Gasteiger partial charge is 0.203 e. The molecule has 0 radical (unpaired) electrons. The van der Waals surface area contributed by atoms with Crippen LogP contribution >= 0.6 is 0 Å². The van der Waals surface area contributed by atoms with Gasteiger partial charge in [-0.05, 0) is 49.9 Å². The molecule has 0 unspecified atom stereocenters. The number of pyridine rings is 1. The van der Waals surface area contributed by atoms with E-state index in [9.17, 15) is 0 Å². The van der Waals surface area contributed by atoms with Gasteiger partial charge in [0.2, 0.25) is 5.75 Å². The lowest BCUT2D eigenvalue weighted by Crippen LogP contribution is -2.36. The van der Waals surface area contributed by atoms with E-state index in [1.165, 1.54) is 0 Å². The zero-order valence-corrected chi connectivity index (χ0v) is 19.3. The number of hydrogen-bond donors (Lipinski definition) is 1. The second-order valence-corrected chi connectivity index (χ2v) is 9.40. The van der Waals surface area contributed by atoms with Crippen molar-refractivity contribution in [1.82, 2.24) is 9.38 Å². The van der Waals surface area contributed by atoms with Crippen molar-refractivity contribution < 1.29 is 14.2 Å². The van der Waals surface area contributed by atoms with Crippen LogP contribution in [0.25, 0.3) is 16.9 Å². The first-order valence-corrected chi connectivity index (χ1v) is 10.1. The van der Waals surface area contributed by atoms with Gasteiger partial charge in [0.05, 0.1) is 21.3 Å². The summed E-state index contributed by atoms with van der Waals surface area (Å²) < 4.78 is 18.7. The molecule has 0 spiro atoms. The molecule has 0 aliphatic carbocycles. The van der Waals surface area contributed by atoms with Crippen LogP contribution in [0, 0.1) is 5.41 Å². The minimum absolute atomic E-state index is 0.139. The molecule has 0 amide bonds. The monoisotopic (exact) mass is 411 g/mol. The second-order valence-electron chi connectivity index (χ2n) is 9.40. The van der Waals surface area contributed by atoms with Crippen molar-refractivity contribution in [3.05, 3.63) is 36.5 Å². The Kier molecular flexibility index (Phi) is 5.88. The van der Waals surface area contributed by atoms with Crippen LogP contribution in [0.5, 0.6) is 17.2 Å². The number of methoxy groups -OCH3 is 3. The molecule has 3 rings (SSSR count). The first-order chi connectivity index (χ1) is 14.1.